The number of benzene rings is 1. The summed E-state index contributed by atoms with van der Waals surface area (Å²) >= 11 is 0. The SMILES string of the molecule is CC1(C)CCN(CC(=O)NC2CCCCC2)CC1.O=CC(=O)Cc1cccc(C(F)(F)F)c1.[HH]. The maximum atomic E-state index is 12.2. The summed E-state index contributed by atoms with van der Waals surface area (Å²) in [6.07, 6.45) is 4.05. The van der Waals surface area contributed by atoms with Crippen LogP contribution in [-0.4, -0.2) is 48.6 Å². The number of hydrogen-bond acceptors (Lipinski definition) is 4. The number of piperidine rings is 1. The number of rotatable bonds is 6. The third-order valence-corrected chi connectivity index (χ3v) is 6.31. The van der Waals surface area contributed by atoms with Gasteiger partial charge >= 0.3 is 6.18 Å². The third kappa shape index (κ3) is 10.1. The molecule has 0 aromatic heterocycles. The second kappa shape index (κ2) is 12.3. The summed E-state index contributed by atoms with van der Waals surface area (Å²) < 4.78 is 36.7. The highest BCUT2D eigenvalue weighted by molar-refractivity contribution is 6.25. The summed E-state index contributed by atoms with van der Waals surface area (Å²) in [5.74, 6) is -0.504. The predicted molar refractivity (Wildman–Crippen MR) is 123 cm³/mol. The van der Waals surface area contributed by atoms with Gasteiger partial charge in [-0.25, -0.2) is 0 Å². The van der Waals surface area contributed by atoms with Crippen molar-refractivity contribution in [1.82, 2.24) is 10.2 Å². The lowest BCUT2D eigenvalue weighted by molar-refractivity contribution is -0.137. The monoisotopic (exact) mass is 470 g/mol. The second-order valence-corrected chi connectivity index (χ2v) is 9.80. The minimum absolute atomic E-state index is 0. The number of hydrogen-bond donors (Lipinski definition) is 1. The predicted octanol–water partition coefficient (Wildman–Crippen LogP) is 4.82. The molecule has 1 saturated carbocycles. The number of carbonyl (C=O) groups excluding carboxylic acids is 3. The summed E-state index contributed by atoms with van der Waals surface area (Å²) in [5.41, 5.74) is -0.170. The van der Waals surface area contributed by atoms with Crippen LogP contribution in [-0.2, 0) is 27.0 Å². The first kappa shape index (κ1) is 27.0. The lowest BCUT2D eigenvalue weighted by Gasteiger charge is -2.36. The smallest absolute Gasteiger partial charge is 0.352 e. The summed E-state index contributed by atoms with van der Waals surface area (Å²) in [4.78, 5) is 35.0. The van der Waals surface area contributed by atoms with Gasteiger partial charge in [-0.15, -0.1) is 0 Å². The molecule has 2 fully saturated rings. The first-order valence-corrected chi connectivity index (χ1v) is 11.6. The van der Waals surface area contributed by atoms with Gasteiger partial charge in [0.1, 0.15) is 0 Å². The van der Waals surface area contributed by atoms with E-state index >= 15 is 0 Å². The number of nitrogens with zero attached hydrogens (tertiary/aromatic N) is 1. The average Bonchev–Trinajstić information content (AvgIpc) is 2.76. The Morgan fingerprint density at radius 3 is 2.36 bits per heavy atom. The van der Waals surface area contributed by atoms with Crippen molar-refractivity contribution in [2.45, 2.75) is 77.4 Å². The molecule has 0 spiro atoms. The highest BCUT2D eigenvalue weighted by atomic mass is 19.4. The van der Waals surface area contributed by atoms with E-state index in [1.807, 2.05) is 0 Å². The molecule has 0 atom stereocenters. The van der Waals surface area contributed by atoms with Crippen LogP contribution >= 0.6 is 0 Å². The molecule has 1 saturated heterocycles. The van der Waals surface area contributed by atoms with Crippen molar-refractivity contribution in [3.05, 3.63) is 35.4 Å². The highest BCUT2D eigenvalue weighted by Crippen LogP contribution is 2.30. The zero-order chi connectivity index (χ0) is 24.5. The molecule has 1 amide bonds. The number of halogens is 3. The van der Waals surface area contributed by atoms with Crippen LogP contribution in [0.25, 0.3) is 0 Å². The van der Waals surface area contributed by atoms with Crippen LogP contribution in [0, 0.1) is 5.41 Å². The Bertz CT molecular complexity index is 799. The Balaban J connectivity index is 0.000000336. The van der Waals surface area contributed by atoms with Gasteiger partial charge in [0.15, 0.2) is 12.1 Å². The standard InChI is InChI=1S/C15H28N2O.C10H7F3O2.H2/c1-15(2)8-10-17(11-9-15)12-14(18)16-13-6-4-3-5-7-13;11-10(12,13)8-3-1-2-7(4-8)5-9(15)6-14;/h13H,3-12H2,1-2H3,(H,16,18);1-4,6H,5H2;1H. The number of Topliss-reactive ketones (excluding diaryl/α,β-unsaturated/α-hetero) is 1. The Morgan fingerprint density at radius 2 is 1.79 bits per heavy atom. The van der Waals surface area contributed by atoms with E-state index in [0.29, 0.717) is 18.0 Å². The zero-order valence-electron chi connectivity index (χ0n) is 19.5. The van der Waals surface area contributed by atoms with Gasteiger partial charge in [-0.3, -0.25) is 19.3 Å². The van der Waals surface area contributed by atoms with E-state index in [-0.39, 0.29) is 25.6 Å². The normalized spacial score (nSPS) is 19.2. The number of carbonyl (C=O) groups is 3. The number of aldehydes is 1. The molecule has 3 rings (SSSR count). The van der Waals surface area contributed by atoms with Crippen molar-refractivity contribution in [3.63, 3.8) is 0 Å². The van der Waals surface area contributed by atoms with Gasteiger partial charge in [-0.1, -0.05) is 51.3 Å². The summed E-state index contributed by atoms with van der Waals surface area (Å²) in [5, 5.41) is 3.21. The lowest BCUT2D eigenvalue weighted by atomic mass is 9.83. The van der Waals surface area contributed by atoms with Crippen LogP contribution in [0.3, 0.4) is 0 Å². The molecule has 1 heterocycles. The van der Waals surface area contributed by atoms with E-state index in [0.717, 1.165) is 25.2 Å². The van der Waals surface area contributed by atoms with Gasteiger partial charge in [0.25, 0.3) is 0 Å². The maximum Gasteiger partial charge on any atom is 0.416 e. The number of alkyl halides is 3. The van der Waals surface area contributed by atoms with E-state index in [9.17, 15) is 27.6 Å². The van der Waals surface area contributed by atoms with Crippen molar-refractivity contribution in [3.8, 4) is 0 Å². The van der Waals surface area contributed by atoms with Crippen LogP contribution in [0.5, 0.6) is 0 Å². The molecule has 5 nitrogen and oxygen atoms in total. The number of amides is 1. The number of nitrogens with one attached hydrogen (secondary N) is 1. The summed E-state index contributed by atoms with van der Waals surface area (Å²) in [6.45, 7) is 7.40. The third-order valence-electron chi connectivity index (χ3n) is 6.31. The van der Waals surface area contributed by atoms with Crippen molar-refractivity contribution >= 4 is 18.0 Å². The Labute approximate surface area is 195 Å². The fourth-order valence-electron chi connectivity index (χ4n) is 4.14. The van der Waals surface area contributed by atoms with E-state index in [1.54, 1.807) is 0 Å². The quantitative estimate of drug-likeness (QED) is 0.478. The molecule has 0 unspecified atom stereocenters. The maximum absolute atomic E-state index is 12.2. The second-order valence-electron chi connectivity index (χ2n) is 9.80. The molecule has 33 heavy (non-hydrogen) atoms. The highest BCUT2D eigenvalue weighted by Gasteiger charge is 2.30. The molecular weight excluding hydrogens is 433 g/mol. The van der Waals surface area contributed by atoms with Crippen molar-refractivity contribution in [2.24, 2.45) is 5.41 Å². The minimum atomic E-state index is -4.43. The van der Waals surface area contributed by atoms with Gasteiger partial charge in [-0.2, -0.15) is 13.2 Å². The average molecular weight is 471 g/mol. The lowest BCUT2D eigenvalue weighted by Crippen LogP contribution is -2.46. The van der Waals surface area contributed by atoms with Gasteiger partial charge in [0.2, 0.25) is 5.91 Å². The fourth-order valence-corrected chi connectivity index (χ4v) is 4.14. The summed E-state index contributed by atoms with van der Waals surface area (Å²) in [7, 11) is 0. The zero-order valence-corrected chi connectivity index (χ0v) is 19.5. The first-order chi connectivity index (χ1) is 15.5. The van der Waals surface area contributed by atoms with E-state index in [2.05, 4.69) is 24.1 Å². The van der Waals surface area contributed by atoms with E-state index < -0.39 is 17.5 Å². The van der Waals surface area contributed by atoms with Gasteiger partial charge in [-0.05, 0) is 55.8 Å². The molecule has 8 heteroatoms. The van der Waals surface area contributed by atoms with Crippen LogP contribution < -0.4 is 5.32 Å². The van der Waals surface area contributed by atoms with Crippen molar-refractivity contribution < 1.29 is 29.0 Å². The van der Waals surface area contributed by atoms with E-state index in [4.69, 9.17) is 0 Å². The van der Waals surface area contributed by atoms with Crippen LogP contribution in [0.4, 0.5) is 13.2 Å². The Kier molecular flexibility index (Phi) is 10.1. The van der Waals surface area contributed by atoms with E-state index in [1.165, 1.54) is 57.1 Å². The molecule has 1 aromatic rings. The van der Waals surface area contributed by atoms with Gasteiger partial charge < -0.3 is 5.32 Å². The fraction of sp³-hybridized carbons (Fsp3) is 0.640. The Hall–Kier alpha value is -2.22. The molecular formula is C25H37F3N2O3. The summed E-state index contributed by atoms with van der Waals surface area (Å²) in [6, 6.07) is 4.80. The molecule has 186 valence electrons. The van der Waals surface area contributed by atoms with Crippen LogP contribution in [0.1, 0.15) is 71.3 Å². The number of likely N-dealkylation sites (tertiary alicyclic amines) is 1. The molecule has 1 aromatic carbocycles. The molecule has 1 aliphatic carbocycles. The first-order valence-electron chi connectivity index (χ1n) is 11.6. The molecule has 2 aliphatic rings. The van der Waals surface area contributed by atoms with Gasteiger partial charge in [0.05, 0.1) is 12.1 Å². The van der Waals surface area contributed by atoms with Gasteiger partial charge in [0, 0.05) is 13.9 Å². The van der Waals surface area contributed by atoms with Crippen LogP contribution in [0.2, 0.25) is 0 Å². The molecule has 0 bridgehead atoms. The topological polar surface area (TPSA) is 66.5 Å². The molecule has 1 N–H and O–H groups in total. The van der Waals surface area contributed by atoms with Crippen molar-refractivity contribution in [2.75, 3.05) is 19.6 Å². The minimum Gasteiger partial charge on any atom is -0.352 e. The number of ketones is 1. The largest absolute Gasteiger partial charge is 0.416 e. The van der Waals surface area contributed by atoms with Crippen LogP contribution in [0.15, 0.2) is 24.3 Å². The molecule has 0 radical (unpaired) electrons. The van der Waals surface area contributed by atoms with Crippen molar-refractivity contribution in [1.29, 1.82) is 0 Å². The molecule has 1 aliphatic heterocycles. The Morgan fingerprint density at radius 1 is 1.15 bits per heavy atom.